The maximum atomic E-state index is 12.8. The summed E-state index contributed by atoms with van der Waals surface area (Å²) in [6.07, 6.45) is 6.79. The van der Waals surface area contributed by atoms with Crippen LogP contribution in [-0.2, 0) is 15.8 Å². The summed E-state index contributed by atoms with van der Waals surface area (Å²) in [5.74, 6) is 0.596. The zero-order valence-corrected chi connectivity index (χ0v) is 13.2. The number of nitrogens with two attached hydrogens (primary N) is 1. The van der Waals surface area contributed by atoms with Gasteiger partial charge < -0.3 is 5.73 Å². The highest BCUT2D eigenvalue weighted by atomic mass is 32.2. The van der Waals surface area contributed by atoms with Crippen LogP contribution in [0.4, 0.5) is 5.69 Å². The minimum atomic E-state index is -3.28. The molecule has 1 heterocycles. The number of sulfonamides is 1. The zero-order chi connectivity index (χ0) is 14.9. The number of fused-ring (bicyclic) bond motifs is 1. The molecular formula is C16H24N2O2S. The number of para-hydroxylation sites is 1. The first kappa shape index (κ1) is 14.9. The van der Waals surface area contributed by atoms with Crippen molar-refractivity contribution in [1.82, 2.24) is 4.31 Å². The molecule has 2 unspecified atom stereocenters. The van der Waals surface area contributed by atoms with Crippen molar-refractivity contribution in [2.24, 2.45) is 5.92 Å². The number of hydrogen-bond donors (Lipinski definition) is 1. The molecule has 0 aromatic heterocycles. The van der Waals surface area contributed by atoms with Crippen molar-refractivity contribution in [1.29, 1.82) is 0 Å². The Hall–Kier alpha value is -1.07. The van der Waals surface area contributed by atoms with Crippen LogP contribution in [0.1, 0.15) is 44.1 Å². The number of benzene rings is 1. The lowest BCUT2D eigenvalue weighted by molar-refractivity contribution is 0.129. The number of rotatable bonds is 3. The summed E-state index contributed by atoms with van der Waals surface area (Å²) in [7, 11) is -3.28. The van der Waals surface area contributed by atoms with Gasteiger partial charge in [-0.25, -0.2) is 8.42 Å². The Morgan fingerprint density at radius 3 is 2.62 bits per heavy atom. The fourth-order valence-corrected chi connectivity index (χ4v) is 5.79. The summed E-state index contributed by atoms with van der Waals surface area (Å²) in [6.45, 7) is 0.677. The van der Waals surface area contributed by atoms with E-state index >= 15 is 0 Å². The molecule has 0 amide bonds. The number of anilines is 1. The summed E-state index contributed by atoms with van der Waals surface area (Å²) >= 11 is 0. The molecule has 4 nitrogen and oxygen atoms in total. The Bertz CT molecular complexity index is 598. The lowest BCUT2D eigenvalue weighted by Crippen LogP contribution is -2.49. The molecule has 0 spiro atoms. The van der Waals surface area contributed by atoms with Gasteiger partial charge in [-0.2, -0.15) is 4.31 Å². The lowest BCUT2D eigenvalue weighted by atomic mass is 9.79. The lowest BCUT2D eigenvalue weighted by Gasteiger charge is -2.43. The second-order valence-electron chi connectivity index (χ2n) is 6.32. The van der Waals surface area contributed by atoms with E-state index in [0.717, 1.165) is 24.8 Å². The molecule has 21 heavy (non-hydrogen) atoms. The van der Waals surface area contributed by atoms with Gasteiger partial charge in [0, 0.05) is 18.3 Å². The Morgan fingerprint density at radius 2 is 1.81 bits per heavy atom. The number of hydrogen-bond acceptors (Lipinski definition) is 3. The van der Waals surface area contributed by atoms with E-state index in [1.54, 1.807) is 10.4 Å². The van der Waals surface area contributed by atoms with Crippen molar-refractivity contribution in [2.45, 2.75) is 50.3 Å². The third-order valence-electron chi connectivity index (χ3n) is 4.94. The van der Waals surface area contributed by atoms with Crippen LogP contribution in [0.5, 0.6) is 0 Å². The van der Waals surface area contributed by atoms with E-state index in [1.807, 2.05) is 18.2 Å². The standard InChI is InChI=1S/C16H24N2O2S/c17-15-9-3-1-7-14(15)12-21(19,20)18-11-5-8-13-6-2-4-10-16(13)18/h1,3,7,9,13,16H,2,4-6,8,10-12,17H2. The van der Waals surface area contributed by atoms with E-state index in [-0.39, 0.29) is 11.8 Å². The van der Waals surface area contributed by atoms with Gasteiger partial charge in [-0.05, 0) is 43.2 Å². The number of nitrogen functional groups attached to an aromatic ring is 1. The SMILES string of the molecule is Nc1ccccc1CS(=O)(=O)N1CCCC2CCCCC21. The molecule has 0 bridgehead atoms. The largest absolute Gasteiger partial charge is 0.398 e. The summed E-state index contributed by atoms with van der Waals surface area (Å²) < 4.78 is 27.4. The van der Waals surface area contributed by atoms with Gasteiger partial charge in [0.2, 0.25) is 10.0 Å². The van der Waals surface area contributed by atoms with Crippen molar-refractivity contribution in [2.75, 3.05) is 12.3 Å². The predicted octanol–water partition coefficient (Wildman–Crippen LogP) is 2.75. The molecule has 2 N–H and O–H groups in total. The van der Waals surface area contributed by atoms with Crippen molar-refractivity contribution >= 4 is 15.7 Å². The second kappa shape index (κ2) is 5.97. The molecule has 1 aliphatic heterocycles. The van der Waals surface area contributed by atoms with Gasteiger partial charge in [0.15, 0.2) is 0 Å². The van der Waals surface area contributed by atoms with Crippen molar-refractivity contribution in [3.63, 3.8) is 0 Å². The molecule has 5 heteroatoms. The average molecular weight is 308 g/mol. The van der Waals surface area contributed by atoms with Crippen LogP contribution in [-0.4, -0.2) is 25.3 Å². The highest BCUT2D eigenvalue weighted by Crippen LogP contribution is 2.37. The van der Waals surface area contributed by atoms with Gasteiger partial charge in [-0.1, -0.05) is 31.0 Å². The van der Waals surface area contributed by atoms with Crippen molar-refractivity contribution in [3.8, 4) is 0 Å². The summed E-state index contributed by atoms with van der Waals surface area (Å²) in [4.78, 5) is 0. The first-order chi connectivity index (χ1) is 10.1. The summed E-state index contributed by atoms with van der Waals surface area (Å²) in [6, 6.07) is 7.49. The zero-order valence-electron chi connectivity index (χ0n) is 12.4. The van der Waals surface area contributed by atoms with Crippen LogP contribution in [0.15, 0.2) is 24.3 Å². The molecule has 1 saturated carbocycles. The van der Waals surface area contributed by atoms with E-state index in [2.05, 4.69) is 0 Å². The van der Waals surface area contributed by atoms with E-state index in [9.17, 15) is 8.42 Å². The fourth-order valence-electron chi connectivity index (χ4n) is 3.87. The first-order valence-corrected chi connectivity index (χ1v) is 9.52. The van der Waals surface area contributed by atoms with Crippen LogP contribution >= 0.6 is 0 Å². The van der Waals surface area contributed by atoms with Crippen LogP contribution in [0.3, 0.4) is 0 Å². The van der Waals surface area contributed by atoms with Crippen molar-refractivity contribution in [3.05, 3.63) is 29.8 Å². The van der Waals surface area contributed by atoms with Crippen LogP contribution in [0.2, 0.25) is 0 Å². The highest BCUT2D eigenvalue weighted by molar-refractivity contribution is 7.88. The topological polar surface area (TPSA) is 63.4 Å². The van der Waals surface area contributed by atoms with E-state index in [1.165, 1.54) is 19.3 Å². The third kappa shape index (κ3) is 3.09. The molecule has 3 rings (SSSR count). The molecule has 1 aromatic rings. The molecule has 116 valence electrons. The van der Waals surface area contributed by atoms with Gasteiger partial charge >= 0.3 is 0 Å². The fraction of sp³-hybridized carbons (Fsp3) is 0.625. The Balaban J connectivity index is 1.82. The van der Waals surface area contributed by atoms with Gasteiger partial charge in [0.05, 0.1) is 5.75 Å². The molecule has 2 atom stereocenters. The summed E-state index contributed by atoms with van der Waals surface area (Å²) in [5, 5.41) is 0. The smallest absolute Gasteiger partial charge is 0.218 e. The molecule has 1 aromatic carbocycles. The minimum Gasteiger partial charge on any atom is -0.398 e. The van der Waals surface area contributed by atoms with Gasteiger partial charge in [-0.15, -0.1) is 0 Å². The highest BCUT2D eigenvalue weighted by Gasteiger charge is 2.39. The Morgan fingerprint density at radius 1 is 1.10 bits per heavy atom. The van der Waals surface area contributed by atoms with Crippen LogP contribution in [0.25, 0.3) is 0 Å². The van der Waals surface area contributed by atoms with E-state index in [4.69, 9.17) is 5.73 Å². The normalized spacial score (nSPS) is 27.2. The van der Waals surface area contributed by atoms with Gasteiger partial charge in [-0.3, -0.25) is 0 Å². The molecule has 1 aliphatic carbocycles. The quantitative estimate of drug-likeness (QED) is 0.873. The molecular weight excluding hydrogens is 284 g/mol. The third-order valence-corrected chi connectivity index (χ3v) is 6.79. The first-order valence-electron chi connectivity index (χ1n) is 7.91. The van der Waals surface area contributed by atoms with Crippen molar-refractivity contribution < 1.29 is 8.42 Å². The van der Waals surface area contributed by atoms with Gasteiger partial charge in [0.1, 0.15) is 0 Å². The van der Waals surface area contributed by atoms with Gasteiger partial charge in [0.25, 0.3) is 0 Å². The molecule has 1 saturated heterocycles. The number of nitrogens with zero attached hydrogens (tertiary/aromatic N) is 1. The van der Waals surface area contributed by atoms with Crippen LogP contribution in [0, 0.1) is 5.92 Å². The molecule has 0 radical (unpaired) electrons. The Kier molecular flexibility index (Phi) is 4.22. The number of piperidine rings is 1. The maximum Gasteiger partial charge on any atom is 0.218 e. The predicted molar refractivity (Wildman–Crippen MR) is 85.2 cm³/mol. The van der Waals surface area contributed by atoms with Crippen LogP contribution < -0.4 is 5.73 Å². The summed E-state index contributed by atoms with van der Waals surface area (Å²) in [5.41, 5.74) is 7.19. The molecule has 2 fully saturated rings. The average Bonchev–Trinajstić information content (AvgIpc) is 2.49. The second-order valence-corrected chi connectivity index (χ2v) is 8.24. The molecule has 2 aliphatic rings. The monoisotopic (exact) mass is 308 g/mol. The minimum absolute atomic E-state index is 0.0306. The van der Waals surface area contributed by atoms with E-state index < -0.39 is 10.0 Å². The Labute approximate surface area is 127 Å². The maximum absolute atomic E-state index is 12.8. The van der Waals surface area contributed by atoms with E-state index in [0.29, 0.717) is 18.2 Å².